The summed E-state index contributed by atoms with van der Waals surface area (Å²) < 4.78 is 55.6. The number of amides is 2. The summed E-state index contributed by atoms with van der Waals surface area (Å²) in [6, 6.07) is 15.8. The molecule has 13 heteroatoms. The van der Waals surface area contributed by atoms with Crippen LogP contribution in [0.1, 0.15) is 17.0 Å². The normalized spacial score (nSPS) is 18.8. The van der Waals surface area contributed by atoms with Gasteiger partial charge in [0.2, 0.25) is 11.8 Å². The van der Waals surface area contributed by atoms with Gasteiger partial charge in [0.25, 0.3) is 0 Å². The van der Waals surface area contributed by atoms with E-state index in [1.165, 1.54) is 35.6 Å². The Morgan fingerprint density at radius 3 is 2.52 bits per heavy atom. The number of aromatic nitrogens is 2. The van der Waals surface area contributed by atoms with E-state index >= 15 is 8.78 Å². The second-order valence-electron chi connectivity index (χ2n) is 10.7. The quantitative estimate of drug-likeness (QED) is 0.117. The van der Waals surface area contributed by atoms with Crippen LogP contribution in [0.4, 0.5) is 18.9 Å². The summed E-state index contributed by atoms with van der Waals surface area (Å²) in [5, 5.41) is 5.68. The zero-order valence-electron chi connectivity index (χ0n) is 24.4. The second kappa shape index (κ2) is 12.9. The van der Waals surface area contributed by atoms with E-state index in [1.54, 1.807) is 25.6 Å². The van der Waals surface area contributed by atoms with Crippen molar-refractivity contribution in [2.75, 3.05) is 25.6 Å². The molecule has 4 N–H and O–H groups in total. The van der Waals surface area contributed by atoms with Gasteiger partial charge < -0.3 is 25.8 Å². The van der Waals surface area contributed by atoms with Gasteiger partial charge in [-0.3, -0.25) is 19.6 Å². The van der Waals surface area contributed by atoms with Crippen molar-refractivity contribution in [2.24, 2.45) is 11.1 Å². The van der Waals surface area contributed by atoms with Crippen molar-refractivity contribution >= 4 is 39.1 Å². The summed E-state index contributed by atoms with van der Waals surface area (Å²) in [6.07, 6.45) is 1.35. The lowest BCUT2D eigenvalue weighted by Crippen LogP contribution is -2.39. The molecule has 6 rings (SSSR count). The average molecular weight is 648 g/mol. The van der Waals surface area contributed by atoms with Gasteiger partial charge in [0.1, 0.15) is 17.7 Å². The lowest BCUT2D eigenvalue weighted by molar-refractivity contribution is -0.133. The molecule has 0 radical (unpaired) electrons. The van der Waals surface area contributed by atoms with E-state index in [-0.39, 0.29) is 17.0 Å². The van der Waals surface area contributed by atoms with E-state index < -0.39 is 41.0 Å². The van der Waals surface area contributed by atoms with Gasteiger partial charge in [-0.1, -0.05) is 12.1 Å². The minimum Gasteiger partial charge on any atom is -0.453 e. The topological polar surface area (TPSA) is 128 Å². The number of rotatable bonds is 12. The third-order valence-electron chi connectivity index (χ3n) is 7.79. The van der Waals surface area contributed by atoms with Crippen LogP contribution in [0, 0.1) is 17.0 Å². The molecule has 2 aromatic carbocycles. The fourth-order valence-electron chi connectivity index (χ4n) is 5.33. The van der Waals surface area contributed by atoms with Crippen LogP contribution >= 0.6 is 11.3 Å². The maximum Gasteiger partial charge on any atom is 0.243 e. The van der Waals surface area contributed by atoms with Gasteiger partial charge in [-0.2, -0.15) is 0 Å². The number of benzene rings is 2. The first kappa shape index (κ1) is 31.1. The summed E-state index contributed by atoms with van der Waals surface area (Å²) in [7, 11) is 1.65. The lowest BCUT2D eigenvalue weighted by Gasteiger charge is -2.14. The number of ether oxygens (including phenoxy) is 2. The molecule has 2 amide bonds. The zero-order valence-corrected chi connectivity index (χ0v) is 25.2. The number of fused-ring (bicyclic) bond motifs is 1. The van der Waals surface area contributed by atoms with E-state index in [9.17, 15) is 14.0 Å². The van der Waals surface area contributed by atoms with Crippen LogP contribution in [-0.4, -0.2) is 48.2 Å². The number of primary amides is 1. The van der Waals surface area contributed by atoms with Gasteiger partial charge in [-0.25, -0.2) is 13.2 Å². The Morgan fingerprint density at radius 2 is 1.83 bits per heavy atom. The summed E-state index contributed by atoms with van der Waals surface area (Å²) >= 11 is 1.39. The van der Waals surface area contributed by atoms with Gasteiger partial charge in [0, 0.05) is 50.3 Å². The Hall–Kier alpha value is -4.85. The Labute approximate surface area is 265 Å². The largest absolute Gasteiger partial charge is 0.453 e. The van der Waals surface area contributed by atoms with Gasteiger partial charge in [-0.15, -0.1) is 11.3 Å². The summed E-state index contributed by atoms with van der Waals surface area (Å²) in [5.74, 6) is -4.67. The predicted molar refractivity (Wildman–Crippen MR) is 167 cm³/mol. The highest BCUT2D eigenvalue weighted by molar-refractivity contribution is 7.22. The standard InChI is InChI=1S/C33H28F3N5O4S/c1-44-13-12-38-16-18-2-8-23(40-17-18)27-15-24-29(46-27)26(10-11-39-24)45-25-9-3-19(14-22(25)35)28-30(36)33(28,31(37)42)32(43)41-21-6-4-20(34)5-7-21/h2-11,14-15,17,28,30,38H,12-13,16H2,1H3,(H2,37,42)(H,41,43). The molecule has 1 aliphatic carbocycles. The van der Waals surface area contributed by atoms with Crippen molar-refractivity contribution in [3.8, 4) is 22.1 Å². The Balaban J connectivity index is 1.19. The average Bonchev–Trinajstić information content (AvgIpc) is 3.45. The van der Waals surface area contributed by atoms with Crippen LogP contribution in [-0.2, 0) is 20.9 Å². The first-order valence-corrected chi connectivity index (χ1v) is 15.1. The fourth-order valence-corrected chi connectivity index (χ4v) is 6.37. The molecule has 236 valence electrons. The Kier molecular flexibility index (Phi) is 8.71. The number of halogens is 3. The van der Waals surface area contributed by atoms with E-state index in [0.29, 0.717) is 29.1 Å². The Morgan fingerprint density at radius 1 is 1.02 bits per heavy atom. The number of hydrogen-bond acceptors (Lipinski definition) is 8. The molecule has 0 aliphatic heterocycles. The summed E-state index contributed by atoms with van der Waals surface area (Å²) in [6.45, 7) is 2.01. The van der Waals surface area contributed by atoms with E-state index in [1.807, 2.05) is 18.2 Å². The molecular weight excluding hydrogens is 619 g/mol. The van der Waals surface area contributed by atoms with Gasteiger partial charge in [0.15, 0.2) is 17.0 Å². The van der Waals surface area contributed by atoms with Crippen molar-refractivity contribution < 1.29 is 32.2 Å². The number of nitrogens with two attached hydrogens (primary N) is 1. The number of hydrogen-bond donors (Lipinski definition) is 3. The van der Waals surface area contributed by atoms with Gasteiger partial charge >= 0.3 is 0 Å². The number of nitrogens with zero attached hydrogens (tertiary/aromatic N) is 2. The lowest BCUT2D eigenvalue weighted by atomic mass is 9.96. The second-order valence-corrected chi connectivity index (χ2v) is 11.8. The minimum atomic E-state index is -2.25. The molecule has 3 aromatic heterocycles. The molecule has 0 saturated heterocycles. The molecule has 3 unspecified atom stereocenters. The Bertz CT molecular complexity index is 1900. The van der Waals surface area contributed by atoms with Crippen LogP contribution in [0.5, 0.6) is 11.5 Å². The van der Waals surface area contributed by atoms with Crippen LogP contribution < -0.4 is 21.1 Å². The molecule has 3 heterocycles. The molecule has 1 aliphatic rings. The first-order chi connectivity index (χ1) is 22.2. The predicted octanol–water partition coefficient (Wildman–Crippen LogP) is 5.71. The van der Waals surface area contributed by atoms with E-state index in [4.69, 9.17) is 15.2 Å². The zero-order chi connectivity index (χ0) is 32.4. The summed E-state index contributed by atoms with van der Waals surface area (Å²) in [4.78, 5) is 35.3. The molecule has 5 aromatic rings. The number of nitrogens with one attached hydrogen (secondary N) is 2. The highest BCUT2D eigenvalue weighted by Crippen LogP contribution is 2.62. The third-order valence-corrected chi connectivity index (χ3v) is 8.96. The van der Waals surface area contributed by atoms with Crippen LogP contribution in [0.3, 0.4) is 0 Å². The maximum atomic E-state index is 15.4. The van der Waals surface area contributed by atoms with Gasteiger partial charge in [-0.05, 0) is 59.7 Å². The fraction of sp³-hybridized carbons (Fsp3) is 0.212. The molecule has 0 spiro atoms. The molecular formula is C33H28F3N5O4S. The minimum absolute atomic E-state index is 0.0621. The van der Waals surface area contributed by atoms with E-state index in [2.05, 4.69) is 20.6 Å². The van der Waals surface area contributed by atoms with Crippen LogP contribution in [0.2, 0.25) is 0 Å². The molecule has 46 heavy (non-hydrogen) atoms. The van der Waals surface area contributed by atoms with Crippen molar-refractivity contribution in [1.29, 1.82) is 0 Å². The van der Waals surface area contributed by atoms with Crippen molar-refractivity contribution in [3.05, 3.63) is 102 Å². The number of carbonyl (C=O) groups is 2. The molecule has 9 nitrogen and oxygen atoms in total. The SMILES string of the molecule is COCCNCc1ccc(-c2cc3nccc(Oc4ccc(C5C(F)C5(C(N)=O)C(=O)Nc5ccc(F)cc5)cc4F)c3s2)nc1. The van der Waals surface area contributed by atoms with Crippen LogP contribution in [0.15, 0.2) is 79.1 Å². The number of thiophene rings is 1. The number of alkyl halides is 1. The monoisotopic (exact) mass is 647 g/mol. The van der Waals surface area contributed by atoms with E-state index in [0.717, 1.165) is 40.9 Å². The third kappa shape index (κ3) is 5.91. The van der Waals surface area contributed by atoms with Crippen molar-refractivity contribution in [1.82, 2.24) is 15.3 Å². The van der Waals surface area contributed by atoms with Crippen molar-refractivity contribution in [3.63, 3.8) is 0 Å². The summed E-state index contributed by atoms with van der Waals surface area (Å²) in [5.41, 5.74) is 5.87. The number of carbonyl (C=O) groups excluding carboxylic acids is 2. The maximum absolute atomic E-state index is 15.4. The smallest absolute Gasteiger partial charge is 0.243 e. The molecule has 3 atom stereocenters. The number of methoxy groups -OCH3 is 1. The number of pyridine rings is 2. The van der Waals surface area contributed by atoms with Crippen LogP contribution in [0.25, 0.3) is 20.8 Å². The number of anilines is 1. The first-order valence-electron chi connectivity index (χ1n) is 14.2. The van der Waals surface area contributed by atoms with Crippen molar-refractivity contribution in [2.45, 2.75) is 18.6 Å². The molecule has 1 fully saturated rings. The highest BCUT2D eigenvalue weighted by atomic mass is 32.1. The highest BCUT2D eigenvalue weighted by Gasteiger charge is 2.75. The molecule has 1 saturated carbocycles. The van der Waals surface area contributed by atoms with Gasteiger partial charge in [0.05, 0.1) is 27.4 Å². The molecule has 0 bridgehead atoms.